The highest BCUT2D eigenvalue weighted by atomic mass is 15.2. The number of nitrogens with two attached hydrogens (primary N) is 1. The lowest BCUT2D eigenvalue weighted by Gasteiger charge is -2.19. The van der Waals surface area contributed by atoms with Gasteiger partial charge in [-0.15, -0.1) is 0 Å². The summed E-state index contributed by atoms with van der Waals surface area (Å²) >= 11 is 0. The van der Waals surface area contributed by atoms with Gasteiger partial charge in [-0.05, 0) is 73.5 Å². The van der Waals surface area contributed by atoms with E-state index in [1.165, 1.54) is 56.7 Å². The number of aromatic nitrogens is 2. The van der Waals surface area contributed by atoms with E-state index in [0.29, 0.717) is 6.54 Å². The van der Waals surface area contributed by atoms with Gasteiger partial charge < -0.3 is 25.9 Å². The Labute approximate surface area is 341 Å². The van der Waals surface area contributed by atoms with Crippen LogP contribution in [0.1, 0.15) is 38.8 Å². The van der Waals surface area contributed by atoms with E-state index in [-0.39, 0.29) is 0 Å². The second-order valence-electron chi connectivity index (χ2n) is 12.5. The second kappa shape index (κ2) is 24.8. The Kier molecular flexibility index (Phi) is 19.5. The lowest BCUT2D eigenvalue weighted by molar-refractivity contribution is 0.977. The monoisotopic (exact) mass is 755 g/mol. The second-order valence-corrected chi connectivity index (χ2v) is 12.5. The van der Waals surface area contributed by atoms with Gasteiger partial charge in [-0.1, -0.05) is 173 Å². The fourth-order valence-corrected chi connectivity index (χ4v) is 6.15. The van der Waals surface area contributed by atoms with Gasteiger partial charge >= 0.3 is 0 Å². The Morgan fingerprint density at radius 3 is 1.98 bits per heavy atom. The normalized spacial score (nSPS) is 12.2. The number of aromatic amines is 2. The number of nitrogens with one attached hydrogen (secondary N) is 3. The molecule has 0 saturated heterocycles. The van der Waals surface area contributed by atoms with Crippen LogP contribution in [0.2, 0.25) is 0 Å². The van der Waals surface area contributed by atoms with Crippen LogP contribution in [0.4, 0.5) is 5.82 Å². The van der Waals surface area contributed by atoms with Crippen molar-refractivity contribution in [2.45, 2.75) is 27.7 Å². The molecule has 7 rings (SSSR count). The average molecular weight is 756 g/mol. The summed E-state index contributed by atoms with van der Waals surface area (Å²) in [4.78, 5) is 9.17. The van der Waals surface area contributed by atoms with Crippen molar-refractivity contribution in [1.29, 1.82) is 0 Å². The maximum atomic E-state index is 4.50. The van der Waals surface area contributed by atoms with E-state index in [2.05, 4.69) is 162 Å². The predicted molar refractivity (Wildman–Crippen MR) is 257 cm³/mol. The number of benzene rings is 4. The van der Waals surface area contributed by atoms with Gasteiger partial charge in [0.2, 0.25) is 0 Å². The van der Waals surface area contributed by atoms with Crippen LogP contribution < -0.4 is 16.0 Å². The molecule has 0 atom stereocenters. The Bertz CT molecular complexity index is 2350. The minimum absolute atomic E-state index is 0.701. The number of likely N-dealkylation sites (N-methyl/N-ethyl adjacent to an activating group) is 1. The van der Waals surface area contributed by atoms with Gasteiger partial charge in [0.25, 0.3) is 0 Å². The number of nitrogens with zero attached hydrogens (tertiary/aromatic N) is 1. The molecule has 0 bridgehead atoms. The molecule has 0 saturated carbocycles. The molecule has 5 nitrogen and oxygen atoms in total. The standard InChI is InChI=1S/C30H28N2.C12H12N2.C7H10.C2H6.CH5N/c1-4-7-11-22(6-3)21-31-28(10-5-2)24-16-14-23(15-17-24)25-18-19-30-27(20-25)26-12-8-9-13-29(26)32-30;1-14-8-4-6-10-9-5-2-3-7-11(9)13-12(10)14;1-3-5-7-6-4-2;2*1-2/h4-20,31-32H,2-3,21H2,1H3;2-7,13H,8H2,1H3;3-7H,1H2,2H3;1-2H3;2H2,1H3/b7-4-,22-11+,28-10-;;6-4-,7-5-;;. The highest BCUT2D eigenvalue weighted by Crippen LogP contribution is 2.32. The first-order valence-corrected chi connectivity index (χ1v) is 19.6. The SMILES string of the molecule is C=C/C=C(\NC/C(C=C)=C/C=C\C)c1ccc(-c2ccc3[nH]c4ccccc4c3c2)cc1.C=C/C=C\C=C/C.CC.CN.CN1CC=Cc2c1[nH]c1ccccc21. The van der Waals surface area contributed by atoms with Gasteiger partial charge in [0.05, 0.1) is 0 Å². The van der Waals surface area contributed by atoms with E-state index in [0.717, 1.165) is 28.9 Å². The van der Waals surface area contributed by atoms with E-state index in [1.807, 2.05) is 82.4 Å². The van der Waals surface area contributed by atoms with Crippen LogP contribution in [0.3, 0.4) is 0 Å². The summed E-state index contributed by atoms with van der Waals surface area (Å²) in [7, 11) is 3.61. The lowest BCUT2D eigenvalue weighted by atomic mass is 10.0. The van der Waals surface area contributed by atoms with Crippen LogP contribution >= 0.6 is 0 Å². The first-order chi connectivity index (χ1) is 28.0. The topological polar surface area (TPSA) is 72.9 Å². The Morgan fingerprint density at radius 2 is 1.33 bits per heavy atom. The Balaban J connectivity index is 0.000000284. The number of fused-ring (bicyclic) bond motifs is 6. The highest BCUT2D eigenvalue weighted by molar-refractivity contribution is 6.08. The molecule has 5 heteroatoms. The van der Waals surface area contributed by atoms with E-state index >= 15 is 0 Å². The fraction of sp³-hybridized carbons (Fsp3) is 0.154. The van der Waals surface area contributed by atoms with E-state index < -0.39 is 0 Å². The minimum atomic E-state index is 0.701. The molecular formula is C52H61N5. The van der Waals surface area contributed by atoms with Crippen LogP contribution in [0.15, 0.2) is 189 Å². The van der Waals surface area contributed by atoms with Crippen molar-refractivity contribution in [3.63, 3.8) is 0 Å². The molecule has 6 aromatic rings. The molecule has 294 valence electrons. The molecule has 0 unspecified atom stereocenters. The Morgan fingerprint density at radius 1 is 0.702 bits per heavy atom. The maximum Gasteiger partial charge on any atom is 0.114 e. The van der Waals surface area contributed by atoms with E-state index in [1.54, 1.807) is 6.08 Å². The molecule has 5 N–H and O–H groups in total. The van der Waals surface area contributed by atoms with Gasteiger partial charge in [0.1, 0.15) is 5.82 Å². The number of para-hydroxylation sites is 2. The van der Waals surface area contributed by atoms with E-state index in [9.17, 15) is 0 Å². The third kappa shape index (κ3) is 12.5. The van der Waals surface area contributed by atoms with Crippen molar-refractivity contribution in [3.05, 3.63) is 200 Å². The van der Waals surface area contributed by atoms with Gasteiger partial charge in [0, 0.05) is 64.1 Å². The van der Waals surface area contributed by atoms with Gasteiger partial charge in [0.15, 0.2) is 0 Å². The molecule has 4 aromatic carbocycles. The van der Waals surface area contributed by atoms with Gasteiger partial charge in [-0.3, -0.25) is 0 Å². The number of hydrogen-bond donors (Lipinski definition) is 4. The zero-order chi connectivity index (χ0) is 41.4. The molecule has 3 heterocycles. The molecule has 0 amide bonds. The molecule has 1 aliphatic heterocycles. The molecule has 1 aliphatic rings. The van der Waals surface area contributed by atoms with Gasteiger partial charge in [-0.25, -0.2) is 0 Å². The summed E-state index contributed by atoms with van der Waals surface area (Å²) in [5.41, 5.74) is 15.0. The van der Waals surface area contributed by atoms with Crippen molar-refractivity contribution in [2.75, 3.05) is 32.1 Å². The largest absolute Gasteiger partial charge is 0.380 e. The summed E-state index contributed by atoms with van der Waals surface area (Å²) in [6.45, 7) is 21.0. The average Bonchev–Trinajstić information content (AvgIpc) is 3.85. The fourth-order valence-electron chi connectivity index (χ4n) is 6.15. The zero-order valence-corrected chi connectivity index (χ0v) is 34.7. The first kappa shape index (κ1) is 44.8. The summed E-state index contributed by atoms with van der Waals surface area (Å²) in [6, 6.07) is 32.1. The lowest BCUT2D eigenvalue weighted by Crippen LogP contribution is -2.19. The molecule has 57 heavy (non-hydrogen) atoms. The zero-order valence-electron chi connectivity index (χ0n) is 34.7. The molecule has 0 aliphatic carbocycles. The summed E-state index contributed by atoms with van der Waals surface area (Å²) in [6.07, 6.45) is 25.7. The third-order valence-electron chi connectivity index (χ3n) is 8.89. The van der Waals surface area contributed by atoms with Crippen LogP contribution in [0.5, 0.6) is 0 Å². The van der Waals surface area contributed by atoms with Crippen LogP contribution in [-0.4, -0.2) is 37.2 Å². The summed E-state index contributed by atoms with van der Waals surface area (Å²) in [5, 5.41) is 7.33. The Hall–Kier alpha value is -6.56. The van der Waals surface area contributed by atoms with Crippen molar-refractivity contribution in [3.8, 4) is 11.1 Å². The van der Waals surface area contributed by atoms with Crippen molar-refractivity contribution in [1.82, 2.24) is 15.3 Å². The number of rotatable bonds is 10. The van der Waals surface area contributed by atoms with Gasteiger partial charge in [-0.2, -0.15) is 0 Å². The highest BCUT2D eigenvalue weighted by Gasteiger charge is 2.14. The van der Waals surface area contributed by atoms with Crippen LogP contribution in [0, 0.1) is 0 Å². The van der Waals surface area contributed by atoms with E-state index in [4.69, 9.17) is 0 Å². The minimum Gasteiger partial charge on any atom is -0.380 e. The van der Waals surface area contributed by atoms with Crippen molar-refractivity contribution in [2.24, 2.45) is 5.73 Å². The molecule has 0 radical (unpaired) electrons. The number of anilines is 1. The molecule has 2 aromatic heterocycles. The maximum absolute atomic E-state index is 4.50. The molecular weight excluding hydrogens is 695 g/mol. The summed E-state index contributed by atoms with van der Waals surface area (Å²) in [5.74, 6) is 1.23. The van der Waals surface area contributed by atoms with Crippen LogP contribution in [-0.2, 0) is 0 Å². The number of hydrogen-bond acceptors (Lipinski definition) is 3. The molecule has 0 spiro atoms. The van der Waals surface area contributed by atoms with Crippen molar-refractivity contribution >= 4 is 50.3 Å². The summed E-state index contributed by atoms with van der Waals surface area (Å²) < 4.78 is 0. The third-order valence-corrected chi connectivity index (χ3v) is 8.89. The molecule has 0 fully saturated rings. The smallest absolute Gasteiger partial charge is 0.114 e. The number of H-pyrrole nitrogens is 2. The predicted octanol–water partition coefficient (Wildman–Crippen LogP) is 13.3. The number of allylic oxidation sites excluding steroid dienone is 10. The van der Waals surface area contributed by atoms with Crippen molar-refractivity contribution < 1.29 is 0 Å². The van der Waals surface area contributed by atoms with Crippen LogP contribution in [0.25, 0.3) is 55.6 Å². The quantitative estimate of drug-likeness (QED) is 0.105. The first-order valence-electron chi connectivity index (χ1n) is 19.6.